The summed E-state index contributed by atoms with van der Waals surface area (Å²) >= 11 is 1.83. The summed E-state index contributed by atoms with van der Waals surface area (Å²) in [5, 5.41) is 1.16. The van der Waals surface area contributed by atoms with Crippen molar-refractivity contribution in [1.29, 1.82) is 0 Å². The Kier molecular flexibility index (Phi) is 2.77. The zero-order chi connectivity index (χ0) is 9.97. The average Bonchev–Trinajstić information content (AvgIpc) is 2.70. The number of nitrogens with zero attached hydrogens (tertiary/aromatic N) is 1. The van der Waals surface area contributed by atoms with Crippen LogP contribution in [0.25, 0.3) is 0 Å². The molecule has 0 fully saturated rings. The first-order valence-corrected chi connectivity index (χ1v) is 5.62. The monoisotopic (exact) mass is 207 g/mol. The highest BCUT2D eigenvalue weighted by Gasteiger charge is 2.10. The molecule has 14 heavy (non-hydrogen) atoms. The number of rotatable bonds is 2. The number of ether oxygens (including phenoxy) is 1. The van der Waals surface area contributed by atoms with Gasteiger partial charge in [-0.2, -0.15) is 0 Å². The van der Waals surface area contributed by atoms with Gasteiger partial charge >= 0.3 is 0 Å². The van der Waals surface area contributed by atoms with E-state index in [2.05, 4.69) is 24.0 Å². The molecule has 0 N–H and O–H groups in total. The minimum absolute atomic E-state index is 0.942. The van der Waals surface area contributed by atoms with Gasteiger partial charge in [-0.25, -0.2) is 0 Å². The van der Waals surface area contributed by atoms with Gasteiger partial charge in [0, 0.05) is 17.9 Å². The fourth-order valence-electron chi connectivity index (χ4n) is 1.52. The van der Waals surface area contributed by atoms with Crippen molar-refractivity contribution >= 4 is 16.8 Å². The van der Waals surface area contributed by atoms with Gasteiger partial charge < -0.3 is 4.74 Å². The summed E-state index contributed by atoms with van der Waals surface area (Å²) in [5.74, 6) is 2.05. The topological polar surface area (TPSA) is 21.6 Å². The van der Waals surface area contributed by atoms with Gasteiger partial charge in [-0.3, -0.25) is 4.99 Å². The van der Waals surface area contributed by atoms with E-state index in [4.69, 9.17) is 4.74 Å². The van der Waals surface area contributed by atoms with E-state index in [1.165, 1.54) is 11.1 Å². The van der Waals surface area contributed by atoms with E-state index in [9.17, 15) is 0 Å². The lowest BCUT2D eigenvalue weighted by Crippen LogP contribution is -1.94. The van der Waals surface area contributed by atoms with E-state index < -0.39 is 0 Å². The van der Waals surface area contributed by atoms with Crippen molar-refractivity contribution in [3.63, 3.8) is 0 Å². The molecule has 0 saturated heterocycles. The number of methoxy groups -OCH3 is 1. The molecule has 0 saturated carbocycles. The Bertz CT molecular complexity index is 374. The van der Waals surface area contributed by atoms with Crippen molar-refractivity contribution in [3.8, 4) is 5.75 Å². The minimum atomic E-state index is 0.942. The summed E-state index contributed by atoms with van der Waals surface area (Å²) in [4.78, 5) is 4.44. The molecular weight excluding hydrogens is 194 g/mol. The maximum atomic E-state index is 5.22. The molecule has 1 aliphatic rings. The average molecular weight is 207 g/mol. The number of hydrogen-bond donors (Lipinski definition) is 0. The van der Waals surface area contributed by atoms with E-state index in [1.54, 1.807) is 7.11 Å². The third-order valence-electron chi connectivity index (χ3n) is 2.23. The zero-order valence-electron chi connectivity index (χ0n) is 8.41. The van der Waals surface area contributed by atoms with Crippen molar-refractivity contribution in [2.24, 2.45) is 4.99 Å². The second-order valence-corrected chi connectivity index (χ2v) is 4.30. The van der Waals surface area contributed by atoms with Crippen LogP contribution in [-0.4, -0.2) is 24.5 Å². The zero-order valence-corrected chi connectivity index (χ0v) is 9.23. The number of hydrogen-bond acceptors (Lipinski definition) is 3. The van der Waals surface area contributed by atoms with Gasteiger partial charge in [0.1, 0.15) is 5.75 Å². The number of aliphatic imine (C=N–C) groups is 1. The Morgan fingerprint density at radius 1 is 1.43 bits per heavy atom. The third kappa shape index (κ3) is 1.77. The summed E-state index contributed by atoms with van der Waals surface area (Å²) in [6.45, 7) is 3.01. The van der Waals surface area contributed by atoms with Crippen molar-refractivity contribution in [3.05, 3.63) is 29.3 Å². The Labute approximate surface area is 88.4 Å². The van der Waals surface area contributed by atoms with E-state index in [0.717, 1.165) is 23.1 Å². The second-order valence-electron chi connectivity index (χ2n) is 3.22. The maximum Gasteiger partial charge on any atom is 0.121 e. The number of thioether (sulfide) groups is 1. The Balaban J connectivity index is 2.32. The Morgan fingerprint density at radius 2 is 2.29 bits per heavy atom. The van der Waals surface area contributed by atoms with Crippen LogP contribution >= 0.6 is 11.8 Å². The normalized spacial score (nSPS) is 15.4. The van der Waals surface area contributed by atoms with E-state index >= 15 is 0 Å². The molecule has 1 heterocycles. The molecule has 2 rings (SSSR count). The summed E-state index contributed by atoms with van der Waals surface area (Å²) < 4.78 is 5.22. The first-order valence-electron chi connectivity index (χ1n) is 4.63. The lowest BCUT2D eigenvalue weighted by Gasteiger charge is -2.06. The van der Waals surface area contributed by atoms with Crippen LogP contribution in [0.5, 0.6) is 5.75 Å². The molecule has 0 bridgehead atoms. The lowest BCUT2D eigenvalue weighted by molar-refractivity contribution is 0.411. The quantitative estimate of drug-likeness (QED) is 0.743. The van der Waals surface area contributed by atoms with E-state index in [-0.39, 0.29) is 0 Å². The summed E-state index contributed by atoms with van der Waals surface area (Å²) in [5.41, 5.74) is 2.38. The first kappa shape index (κ1) is 9.59. The van der Waals surface area contributed by atoms with Gasteiger partial charge in [-0.1, -0.05) is 0 Å². The molecule has 1 aliphatic heterocycles. The van der Waals surface area contributed by atoms with Gasteiger partial charge in [0.05, 0.1) is 12.2 Å². The van der Waals surface area contributed by atoms with Crippen LogP contribution < -0.4 is 4.74 Å². The van der Waals surface area contributed by atoms with Crippen LogP contribution in [0, 0.1) is 6.92 Å². The molecule has 74 valence electrons. The van der Waals surface area contributed by atoms with Crippen LogP contribution in [0.2, 0.25) is 0 Å². The second kappa shape index (κ2) is 4.05. The van der Waals surface area contributed by atoms with Gasteiger partial charge in [0.2, 0.25) is 0 Å². The van der Waals surface area contributed by atoms with Crippen molar-refractivity contribution in [1.82, 2.24) is 0 Å². The van der Waals surface area contributed by atoms with Crippen LogP contribution in [0.4, 0.5) is 0 Å². The molecule has 2 nitrogen and oxygen atoms in total. The predicted octanol–water partition coefficient (Wildman–Crippen LogP) is 2.50. The maximum absolute atomic E-state index is 5.22. The number of benzene rings is 1. The molecule has 0 aromatic heterocycles. The minimum Gasteiger partial charge on any atom is -0.496 e. The van der Waals surface area contributed by atoms with Crippen molar-refractivity contribution in [2.75, 3.05) is 19.4 Å². The van der Waals surface area contributed by atoms with Crippen molar-refractivity contribution in [2.45, 2.75) is 6.92 Å². The first-order chi connectivity index (χ1) is 6.81. The molecule has 3 heteroatoms. The highest BCUT2D eigenvalue weighted by molar-refractivity contribution is 8.14. The Hall–Kier alpha value is -0.960. The molecule has 0 unspecified atom stereocenters. The van der Waals surface area contributed by atoms with Crippen LogP contribution in [0.3, 0.4) is 0 Å². The molecule has 0 spiro atoms. The van der Waals surface area contributed by atoms with Gasteiger partial charge in [-0.05, 0) is 30.7 Å². The van der Waals surface area contributed by atoms with Gasteiger partial charge in [0.25, 0.3) is 0 Å². The highest BCUT2D eigenvalue weighted by atomic mass is 32.2. The van der Waals surface area contributed by atoms with Gasteiger partial charge in [0.15, 0.2) is 0 Å². The molecular formula is C11H13NOS. The summed E-state index contributed by atoms with van der Waals surface area (Å²) in [6.07, 6.45) is 0. The van der Waals surface area contributed by atoms with Crippen LogP contribution in [-0.2, 0) is 0 Å². The largest absolute Gasteiger partial charge is 0.496 e. The fraction of sp³-hybridized carbons (Fsp3) is 0.364. The lowest BCUT2D eigenvalue weighted by atomic mass is 10.1. The number of aryl methyl sites for hydroxylation is 1. The third-order valence-corrected chi connectivity index (χ3v) is 3.25. The van der Waals surface area contributed by atoms with Crippen LogP contribution in [0.1, 0.15) is 11.1 Å². The molecule has 0 radical (unpaired) electrons. The highest BCUT2D eigenvalue weighted by Crippen LogP contribution is 2.24. The summed E-state index contributed by atoms with van der Waals surface area (Å²) in [7, 11) is 1.70. The van der Waals surface area contributed by atoms with E-state index in [1.807, 2.05) is 17.8 Å². The predicted molar refractivity (Wildman–Crippen MR) is 61.6 cm³/mol. The molecule has 1 aromatic rings. The standard InChI is InChI=1S/C11H13NOS/c1-8-7-9(3-4-10(8)13-2)11-12-5-6-14-11/h3-4,7H,5-6H2,1-2H3. The molecule has 0 atom stereocenters. The molecule has 1 aromatic carbocycles. The smallest absolute Gasteiger partial charge is 0.121 e. The van der Waals surface area contributed by atoms with Gasteiger partial charge in [-0.15, -0.1) is 11.8 Å². The molecule has 0 aliphatic carbocycles. The fourth-order valence-corrected chi connectivity index (χ4v) is 2.37. The van der Waals surface area contributed by atoms with E-state index in [0.29, 0.717) is 0 Å². The van der Waals surface area contributed by atoms with Crippen LogP contribution in [0.15, 0.2) is 23.2 Å². The SMILES string of the molecule is COc1ccc(C2=NCCS2)cc1C. The van der Waals surface area contributed by atoms with Crippen molar-refractivity contribution < 1.29 is 4.74 Å². The Morgan fingerprint density at radius 3 is 2.86 bits per heavy atom. The molecule has 0 amide bonds. The summed E-state index contributed by atoms with van der Waals surface area (Å²) in [6, 6.07) is 6.21.